The Morgan fingerprint density at radius 1 is 0.879 bits per heavy atom. The molecule has 0 saturated heterocycles. The number of benzene rings is 3. The number of rotatable bonds is 1. The molecule has 1 aromatic heterocycles. The standard InChI is InChI=1S/C24H14BrN3O4S/c1-28-16-11-10-14(25)19-20(16)18(12-6-2-3-7-13(12)22(19)29)21(24(28)30)23-26-15-8-4-5-9-17(15)33(31,32)27-23/h2-11H,1H3,(H,26,27). The van der Waals surface area contributed by atoms with E-state index in [1.54, 1.807) is 61.6 Å². The molecule has 0 radical (unpaired) electrons. The summed E-state index contributed by atoms with van der Waals surface area (Å²) in [6, 6.07) is 16.9. The Labute approximate surface area is 196 Å². The van der Waals surface area contributed by atoms with E-state index >= 15 is 0 Å². The number of amidine groups is 1. The maximum Gasteiger partial charge on any atom is 0.286 e. The van der Waals surface area contributed by atoms with Crippen molar-refractivity contribution in [3.63, 3.8) is 0 Å². The van der Waals surface area contributed by atoms with Crippen LogP contribution in [-0.2, 0) is 17.1 Å². The SMILES string of the molecule is Cn1c(=O)c(C2=NS(=O)(=O)c3ccccc3N2)c2c3c(c(Br)ccc31)C(=O)c1ccccc1-2. The largest absolute Gasteiger partial charge is 0.338 e. The quantitative estimate of drug-likeness (QED) is 0.360. The molecule has 7 nitrogen and oxygen atoms in total. The molecule has 3 aromatic carbocycles. The summed E-state index contributed by atoms with van der Waals surface area (Å²) in [6.07, 6.45) is 0. The summed E-state index contributed by atoms with van der Waals surface area (Å²) >= 11 is 3.49. The molecule has 0 bridgehead atoms. The maximum atomic E-state index is 13.6. The first-order valence-electron chi connectivity index (χ1n) is 10.0. The summed E-state index contributed by atoms with van der Waals surface area (Å²) in [7, 11) is -2.44. The molecule has 4 aromatic rings. The highest BCUT2D eigenvalue weighted by Gasteiger charge is 2.35. The summed E-state index contributed by atoms with van der Waals surface area (Å²) in [5.74, 6) is -0.238. The number of anilines is 1. The minimum absolute atomic E-state index is 0.0408. The van der Waals surface area contributed by atoms with Crippen LogP contribution >= 0.6 is 15.9 Å². The van der Waals surface area contributed by atoms with Crippen molar-refractivity contribution in [3.8, 4) is 11.1 Å². The molecule has 33 heavy (non-hydrogen) atoms. The number of pyridine rings is 1. The van der Waals surface area contributed by atoms with E-state index in [1.807, 2.05) is 0 Å². The van der Waals surface area contributed by atoms with Gasteiger partial charge in [-0.2, -0.15) is 8.42 Å². The van der Waals surface area contributed by atoms with Crippen molar-refractivity contribution in [2.45, 2.75) is 4.90 Å². The Morgan fingerprint density at radius 2 is 1.58 bits per heavy atom. The van der Waals surface area contributed by atoms with Gasteiger partial charge in [0.05, 0.1) is 16.8 Å². The average Bonchev–Trinajstić information content (AvgIpc) is 2.80. The second kappa shape index (κ2) is 6.72. The number of hydrogen-bond donors (Lipinski definition) is 1. The molecule has 162 valence electrons. The zero-order valence-electron chi connectivity index (χ0n) is 17.1. The van der Waals surface area contributed by atoms with Gasteiger partial charge in [-0.15, -0.1) is 4.40 Å². The zero-order chi connectivity index (χ0) is 23.1. The van der Waals surface area contributed by atoms with Crippen LogP contribution < -0.4 is 10.9 Å². The van der Waals surface area contributed by atoms with Crippen LogP contribution in [0.1, 0.15) is 21.5 Å². The number of aryl methyl sites for hydroxylation is 1. The normalized spacial score (nSPS) is 15.5. The molecule has 1 aliphatic heterocycles. The van der Waals surface area contributed by atoms with Crippen molar-refractivity contribution in [1.29, 1.82) is 0 Å². The van der Waals surface area contributed by atoms with Gasteiger partial charge in [-0.3, -0.25) is 9.59 Å². The van der Waals surface area contributed by atoms with E-state index in [-0.39, 0.29) is 22.1 Å². The topological polar surface area (TPSA) is 97.6 Å². The van der Waals surface area contributed by atoms with Gasteiger partial charge in [-0.25, -0.2) is 0 Å². The van der Waals surface area contributed by atoms with Gasteiger partial charge in [-0.05, 0) is 29.8 Å². The smallest absolute Gasteiger partial charge is 0.286 e. The molecule has 2 aliphatic rings. The van der Waals surface area contributed by atoms with Crippen LogP contribution in [0.25, 0.3) is 22.0 Å². The van der Waals surface area contributed by atoms with Gasteiger partial charge in [0.15, 0.2) is 11.6 Å². The summed E-state index contributed by atoms with van der Waals surface area (Å²) in [5.41, 5.74) is 2.50. The van der Waals surface area contributed by atoms with Crippen molar-refractivity contribution in [1.82, 2.24) is 4.57 Å². The number of fused-ring (bicyclic) bond motifs is 3. The van der Waals surface area contributed by atoms with Crippen molar-refractivity contribution in [2.75, 3.05) is 5.32 Å². The molecule has 0 amide bonds. The number of aromatic nitrogens is 1. The van der Waals surface area contributed by atoms with Gasteiger partial charge in [0.25, 0.3) is 15.6 Å². The highest BCUT2D eigenvalue weighted by molar-refractivity contribution is 9.10. The number of halogens is 1. The Bertz CT molecular complexity index is 1770. The Kier molecular flexibility index (Phi) is 4.09. The highest BCUT2D eigenvalue weighted by Crippen LogP contribution is 2.43. The van der Waals surface area contributed by atoms with E-state index in [9.17, 15) is 18.0 Å². The molecule has 1 N–H and O–H groups in total. The van der Waals surface area contributed by atoms with Gasteiger partial charge < -0.3 is 9.88 Å². The monoisotopic (exact) mass is 519 g/mol. The van der Waals surface area contributed by atoms with E-state index in [0.717, 1.165) is 0 Å². The number of para-hydroxylation sites is 1. The molecule has 6 rings (SSSR count). The van der Waals surface area contributed by atoms with Crippen molar-refractivity contribution < 1.29 is 13.2 Å². The van der Waals surface area contributed by atoms with Gasteiger partial charge in [0.1, 0.15) is 4.90 Å². The first-order chi connectivity index (χ1) is 15.8. The van der Waals surface area contributed by atoms with Crippen LogP contribution in [-0.4, -0.2) is 24.6 Å². The van der Waals surface area contributed by atoms with Gasteiger partial charge in [0.2, 0.25) is 0 Å². The summed E-state index contributed by atoms with van der Waals surface area (Å²) in [5, 5.41) is 3.61. The lowest BCUT2D eigenvalue weighted by Gasteiger charge is -2.26. The predicted molar refractivity (Wildman–Crippen MR) is 130 cm³/mol. The van der Waals surface area contributed by atoms with E-state index in [4.69, 9.17) is 0 Å². The number of sulfonamides is 1. The fraction of sp³-hybridized carbons (Fsp3) is 0.0417. The Balaban J connectivity index is 1.81. The molecule has 2 heterocycles. The highest BCUT2D eigenvalue weighted by atomic mass is 79.9. The Hall–Kier alpha value is -3.56. The number of hydrogen-bond acceptors (Lipinski definition) is 5. The van der Waals surface area contributed by atoms with Crippen LogP contribution in [0.5, 0.6) is 0 Å². The summed E-state index contributed by atoms with van der Waals surface area (Å²) < 4.78 is 31.9. The third-order valence-corrected chi connectivity index (χ3v) is 8.04. The first-order valence-corrected chi connectivity index (χ1v) is 12.2. The van der Waals surface area contributed by atoms with Gasteiger partial charge >= 0.3 is 0 Å². The molecular weight excluding hydrogens is 506 g/mol. The number of carbonyl (C=O) groups excluding carboxylic acids is 1. The number of nitrogens with zero attached hydrogens (tertiary/aromatic N) is 2. The molecule has 0 spiro atoms. The number of ketones is 1. The molecule has 1 aliphatic carbocycles. The summed E-state index contributed by atoms with van der Waals surface area (Å²) in [6.45, 7) is 0. The second-order valence-electron chi connectivity index (χ2n) is 7.84. The van der Waals surface area contributed by atoms with E-state index < -0.39 is 15.6 Å². The maximum absolute atomic E-state index is 13.6. The average molecular weight is 520 g/mol. The molecule has 9 heteroatoms. The fourth-order valence-corrected chi connectivity index (χ4v) is 6.21. The minimum atomic E-state index is -4.03. The predicted octanol–water partition coefficient (Wildman–Crippen LogP) is 4.07. The van der Waals surface area contributed by atoms with E-state index in [2.05, 4.69) is 25.6 Å². The first kappa shape index (κ1) is 20.1. The summed E-state index contributed by atoms with van der Waals surface area (Å²) in [4.78, 5) is 27.1. The van der Waals surface area contributed by atoms with Crippen LogP contribution in [0.2, 0.25) is 0 Å². The molecule has 0 atom stereocenters. The number of nitrogens with one attached hydrogen (secondary N) is 1. The molecule has 0 fully saturated rings. The molecule has 0 unspecified atom stereocenters. The van der Waals surface area contributed by atoms with Crippen molar-refractivity contribution in [2.24, 2.45) is 11.4 Å². The fourth-order valence-electron chi connectivity index (χ4n) is 4.58. The molecular formula is C24H14BrN3O4S. The van der Waals surface area contributed by atoms with Gasteiger partial charge in [0, 0.05) is 33.6 Å². The van der Waals surface area contributed by atoms with Crippen LogP contribution in [0.4, 0.5) is 5.69 Å². The van der Waals surface area contributed by atoms with Crippen LogP contribution in [0, 0.1) is 0 Å². The van der Waals surface area contributed by atoms with Crippen molar-refractivity contribution in [3.05, 3.63) is 92.2 Å². The van der Waals surface area contributed by atoms with Gasteiger partial charge in [-0.1, -0.05) is 52.3 Å². The second-order valence-corrected chi connectivity index (χ2v) is 10.3. The zero-order valence-corrected chi connectivity index (χ0v) is 19.5. The number of carbonyl (C=O) groups is 1. The third kappa shape index (κ3) is 2.66. The van der Waals surface area contributed by atoms with Crippen LogP contribution in [0.3, 0.4) is 0 Å². The molecule has 0 saturated carbocycles. The lowest BCUT2D eigenvalue weighted by Crippen LogP contribution is -2.33. The van der Waals surface area contributed by atoms with Crippen molar-refractivity contribution >= 4 is 54.2 Å². The lowest BCUT2D eigenvalue weighted by molar-refractivity contribution is 0.103. The van der Waals surface area contributed by atoms with Crippen LogP contribution in [0.15, 0.2) is 79.2 Å². The van der Waals surface area contributed by atoms with E-state index in [1.165, 1.54) is 10.6 Å². The Morgan fingerprint density at radius 3 is 2.36 bits per heavy atom. The minimum Gasteiger partial charge on any atom is -0.338 e. The van der Waals surface area contributed by atoms with E-state index in [0.29, 0.717) is 43.3 Å². The lowest BCUT2D eigenvalue weighted by atomic mass is 9.81. The third-order valence-electron chi connectivity index (χ3n) is 6.05.